The van der Waals surface area contributed by atoms with E-state index in [9.17, 15) is 4.79 Å². The Kier molecular flexibility index (Phi) is 6.90. The van der Waals surface area contributed by atoms with Crippen molar-refractivity contribution in [2.75, 3.05) is 13.7 Å². The number of amides is 1. The number of ether oxygens (including phenoxy) is 2. The van der Waals surface area contributed by atoms with Crippen LogP contribution in [-0.4, -0.2) is 19.7 Å². The maximum absolute atomic E-state index is 11.6. The molecule has 0 radical (unpaired) electrons. The van der Waals surface area contributed by atoms with Gasteiger partial charge in [0.2, 0.25) is 0 Å². The summed E-state index contributed by atoms with van der Waals surface area (Å²) in [5.74, 6) is 0.836. The molecule has 0 atom stereocenters. The standard InChI is InChI=1S/C20H23NO3/c1-16-11-12-19(23-2)14-18(16)10-6-7-13-21-20(22)24-15-17-8-4-3-5-9-17/h3-6,8-12,14H,7,13,15H2,1-2H3,(H,21,22). The van der Waals surface area contributed by atoms with Crippen LogP contribution in [0.25, 0.3) is 6.08 Å². The van der Waals surface area contributed by atoms with Crippen LogP contribution in [0.15, 0.2) is 54.6 Å². The van der Waals surface area contributed by atoms with Crippen LogP contribution in [0, 0.1) is 6.92 Å². The largest absolute Gasteiger partial charge is 0.497 e. The Morgan fingerprint density at radius 2 is 1.96 bits per heavy atom. The fourth-order valence-electron chi connectivity index (χ4n) is 2.17. The summed E-state index contributed by atoms with van der Waals surface area (Å²) in [6, 6.07) is 15.6. The molecule has 1 amide bonds. The molecule has 2 aromatic carbocycles. The normalized spacial score (nSPS) is 10.6. The molecular weight excluding hydrogens is 302 g/mol. The fraction of sp³-hybridized carbons (Fsp3) is 0.250. The Labute approximate surface area is 143 Å². The van der Waals surface area contributed by atoms with Gasteiger partial charge in [0.15, 0.2) is 0 Å². The van der Waals surface area contributed by atoms with Crippen molar-refractivity contribution in [1.82, 2.24) is 5.32 Å². The molecule has 0 fully saturated rings. The van der Waals surface area contributed by atoms with Gasteiger partial charge in [-0.15, -0.1) is 0 Å². The van der Waals surface area contributed by atoms with Gasteiger partial charge in [-0.2, -0.15) is 0 Å². The summed E-state index contributed by atoms with van der Waals surface area (Å²) in [6.45, 7) is 2.87. The van der Waals surface area contributed by atoms with Gasteiger partial charge in [-0.25, -0.2) is 4.79 Å². The molecule has 2 rings (SSSR count). The Balaban J connectivity index is 1.69. The lowest BCUT2D eigenvalue weighted by Gasteiger charge is -2.06. The van der Waals surface area contributed by atoms with Crippen molar-refractivity contribution >= 4 is 12.2 Å². The molecule has 1 N–H and O–H groups in total. The summed E-state index contributed by atoms with van der Waals surface area (Å²) in [5, 5.41) is 2.74. The lowest BCUT2D eigenvalue weighted by molar-refractivity contribution is 0.140. The molecule has 0 aliphatic heterocycles. The molecular formula is C20H23NO3. The zero-order valence-electron chi connectivity index (χ0n) is 14.1. The summed E-state index contributed by atoms with van der Waals surface area (Å²) in [6.07, 6.45) is 4.40. The Hall–Kier alpha value is -2.75. The Morgan fingerprint density at radius 1 is 1.17 bits per heavy atom. The number of hydrogen-bond acceptors (Lipinski definition) is 3. The fourth-order valence-corrected chi connectivity index (χ4v) is 2.17. The maximum Gasteiger partial charge on any atom is 0.407 e. The SMILES string of the molecule is COc1ccc(C)c(C=CCCNC(=O)OCc2ccccc2)c1. The van der Waals surface area contributed by atoms with Crippen molar-refractivity contribution in [3.8, 4) is 5.75 Å². The number of rotatable bonds is 7. The number of alkyl carbamates (subject to hydrolysis) is 1. The molecule has 0 saturated carbocycles. The van der Waals surface area contributed by atoms with Crippen molar-refractivity contribution in [2.24, 2.45) is 0 Å². The molecule has 4 nitrogen and oxygen atoms in total. The molecule has 126 valence electrons. The van der Waals surface area contributed by atoms with E-state index in [1.54, 1.807) is 7.11 Å². The predicted molar refractivity (Wildman–Crippen MR) is 96.0 cm³/mol. The highest BCUT2D eigenvalue weighted by Crippen LogP contribution is 2.18. The van der Waals surface area contributed by atoms with E-state index in [-0.39, 0.29) is 6.61 Å². The number of methoxy groups -OCH3 is 1. The van der Waals surface area contributed by atoms with E-state index in [1.807, 2.05) is 60.7 Å². The summed E-state index contributed by atoms with van der Waals surface area (Å²) in [5.41, 5.74) is 3.27. The van der Waals surface area contributed by atoms with E-state index >= 15 is 0 Å². The molecule has 0 aromatic heterocycles. The Morgan fingerprint density at radius 3 is 2.71 bits per heavy atom. The van der Waals surface area contributed by atoms with Crippen molar-refractivity contribution in [3.63, 3.8) is 0 Å². The van der Waals surface area contributed by atoms with E-state index in [2.05, 4.69) is 12.2 Å². The second-order valence-corrected chi connectivity index (χ2v) is 5.40. The molecule has 0 heterocycles. The summed E-state index contributed by atoms with van der Waals surface area (Å²) < 4.78 is 10.4. The second kappa shape index (κ2) is 9.40. The molecule has 0 aliphatic carbocycles. The topological polar surface area (TPSA) is 47.6 Å². The van der Waals surface area contributed by atoms with Gasteiger partial charge in [-0.1, -0.05) is 48.6 Å². The zero-order valence-corrected chi connectivity index (χ0v) is 14.1. The van der Waals surface area contributed by atoms with Gasteiger partial charge in [-0.05, 0) is 42.2 Å². The third-order valence-electron chi connectivity index (χ3n) is 3.58. The lowest BCUT2D eigenvalue weighted by Crippen LogP contribution is -2.24. The first-order valence-electron chi connectivity index (χ1n) is 7.95. The summed E-state index contributed by atoms with van der Waals surface area (Å²) in [4.78, 5) is 11.6. The van der Waals surface area contributed by atoms with E-state index in [0.717, 1.165) is 23.3 Å². The van der Waals surface area contributed by atoms with Crippen molar-refractivity contribution < 1.29 is 14.3 Å². The minimum absolute atomic E-state index is 0.283. The monoisotopic (exact) mass is 325 g/mol. The maximum atomic E-state index is 11.6. The van der Waals surface area contributed by atoms with Gasteiger partial charge in [-0.3, -0.25) is 0 Å². The molecule has 0 bridgehead atoms. The van der Waals surface area contributed by atoms with Gasteiger partial charge < -0.3 is 14.8 Å². The molecule has 4 heteroatoms. The first-order valence-corrected chi connectivity index (χ1v) is 7.95. The summed E-state index contributed by atoms with van der Waals surface area (Å²) in [7, 11) is 1.66. The molecule has 0 saturated heterocycles. The second-order valence-electron chi connectivity index (χ2n) is 5.40. The quantitative estimate of drug-likeness (QED) is 0.771. The van der Waals surface area contributed by atoms with Crippen LogP contribution in [0.3, 0.4) is 0 Å². The number of nitrogens with one attached hydrogen (secondary N) is 1. The van der Waals surface area contributed by atoms with Crippen LogP contribution in [0.2, 0.25) is 0 Å². The van der Waals surface area contributed by atoms with Crippen LogP contribution >= 0.6 is 0 Å². The zero-order chi connectivity index (χ0) is 17.2. The van der Waals surface area contributed by atoms with Crippen LogP contribution in [0.1, 0.15) is 23.1 Å². The van der Waals surface area contributed by atoms with Gasteiger partial charge in [0.05, 0.1) is 7.11 Å². The Bertz CT molecular complexity index is 681. The highest BCUT2D eigenvalue weighted by atomic mass is 16.5. The van der Waals surface area contributed by atoms with Crippen LogP contribution in [0.5, 0.6) is 5.75 Å². The first kappa shape index (κ1) is 17.6. The third-order valence-corrected chi connectivity index (χ3v) is 3.58. The van der Waals surface area contributed by atoms with Gasteiger partial charge in [0.25, 0.3) is 0 Å². The average molecular weight is 325 g/mol. The van der Waals surface area contributed by atoms with E-state index in [4.69, 9.17) is 9.47 Å². The highest BCUT2D eigenvalue weighted by Gasteiger charge is 2.01. The van der Waals surface area contributed by atoms with Crippen molar-refractivity contribution in [3.05, 3.63) is 71.3 Å². The van der Waals surface area contributed by atoms with Gasteiger partial charge >= 0.3 is 6.09 Å². The van der Waals surface area contributed by atoms with Crippen LogP contribution < -0.4 is 10.1 Å². The third kappa shape index (κ3) is 5.80. The first-order chi connectivity index (χ1) is 11.7. The highest BCUT2D eigenvalue weighted by molar-refractivity contribution is 5.67. The van der Waals surface area contributed by atoms with Crippen LogP contribution in [-0.2, 0) is 11.3 Å². The number of aryl methyl sites for hydroxylation is 1. The number of carbonyl (C=O) groups excluding carboxylic acids is 1. The van der Waals surface area contributed by atoms with Gasteiger partial charge in [0, 0.05) is 6.54 Å². The molecule has 0 aliphatic rings. The smallest absolute Gasteiger partial charge is 0.407 e. The number of benzene rings is 2. The van der Waals surface area contributed by atoms with E-state index in [0.29, 0.717) is 6.54 Å². The minimum atomic E-state index is -0.398. The molecule has 2 aromatic rings. The number of carbonyl (C=O) groups is 1. The summed E-state index contributed by atoms with van der Waals surface area (Å²) >= 11 is 0. The van der Waals surface area contributed by atoms with Crippen molar-refractivity contribution in [1.29, 1.82) is 0 Å². The van der Waals surface area contributed by atoms with Crippen LogP contribution in [0.4, 0.5) is 4.79 Å². The average Bonchev–Trinajstić information content (AvgIpc) is 2.62. The molecule has 0 spiro atoms. The van der Waals surface area contributed by atoms with E-state index in [1.165, 1.54) is 5.56 Å². The predicted octanol–water partition coefficient (Wildman–Crippen LogP) is 4.33. The van der Waals surface area contributed by atoms with Crippen molar-refractivity contribution in [2.45, 2.75) is 20.0 Å². The molecule has 24 heavy (non-hydrogen) atoms. The van der Waals surface area contributed by atoms with E-state index < -0.39 is 6.09 Å². The van der Waals surface area contributed by atoms with Gasteiger partial charge in [0.1, 0.15) is 12.4 Å². The lowest BCUT2D eigenvalue weighted by atomic mass is 10.1. The minimum Gasteiger partial charge on any atom is -0.497 e. The molecule has 0 unspecified atom stereocenters. The number of hydrogen-bond donors (Lipinski definition) is 1.